The second kappa shape index (κ2) is 5.98. The molecule has 6 nitrogen and oxygen atoms in total. The van der Waals surface area contributed by atoms with Gasteiger partial charge in [-0.3, -0.25) is 9.89 Å². The fourth-order valence-electron chi connectivity index (χ4n) is 2.64. The second-order valence-electron chi connectivity index (χ2n) is 5.58. The molecule has 0 saturated carbocycles. The van der Waals surface area contributed by atoms with Gasteiger partial charge in [0.05, 0.1) is 17.3 Å². The minimum absolute atomic E-state index is 0.255. The normalized spacial score (nSPS) is 10.5. The molecule has 6 heteroatoms. The molecule has 1 amide bonds. The van der Waals surface area contributed by atoms with Crippen LogP contribution < -0.4 is 5.32 Å². The van der Waals surface area contributed by atoms with Crippen LogP contribution in [0.5, 0.6) is 0 Å². The van der Waals surface area contributed by atoms with Gasteiger partial charge in [-0.1, -0.05) is 30.3 Å². The number of carbonyl (C=O) groups excluding carboxylic acids is 1. The maximum absolute atomic E-state index is 12.4. The lowest BCUT2D eigenvalue weighted by molar-refractivity contribution is 0.102. The summed E-state index contributed by atoms with van der Waals surface area (Å²) in [5.74, 6) is 0.178. The molecule has 0 saturated heterocycles. The zero-order valence-corrected chi connectivity index (χ0v) is 13.1. The van der Waals surface area contributed by atoms with Crippen molar-refractivity contribution < 1.29 is 4.79 Å². The van der Waals surface area contributed by atoms with Gasteiger partial charge in [0.15, 0.2) is 5.82 Å². The number of fused-ring (bicyclic) bond motifs is 1. The Balaban J connectivity index is 1.53. The number of nitrogens with one attached hydrogen (secondary N) is 3. The first-order valence-electron chi connectivity index (χ1n) is 7.68. The summed E-state index contributed by atoms with van der Waals surface area (Å²) in [5, 5.41) is 19.6. The highest BCUT2D eigenvalue weighted by molar-refractivity contribution is 6.05. The van der Waals surface area contributed by atoms with Crippen molar-refractivity contribution in [2.75, 3.05) is 5.32 Å². The minimum atomic E-state index is -0.255. The largest absolute Gasteiger partial charge is 0.351 e. The fourth-order valence-corrected chi connectivity index (χ4v) is 2.64. The van der Waals surface area contributed by atoms with E-state index in [9.17, 15) is 4.79 Å². The molecular formula is C19H13N5O. The third-order valence-electron chi connectivity index (χ3n) is 3.92. The fraction of sp³-hybridized carbons (Fsp3) is 0. The molecule has 0 radical (unpaired) electrons. The van der Waals surface area contributed by atoms with Crippen LogP contribution in [-0.2, 0) is 0 Å². The number of nitrogens with zero attached hydrogens (tertiary/aromatic N) is 2. The molecule has 4 aromatic rings. The molecule has 0 aliphatic heterocycles. The van der Waals surface area contributed by atoms with Gasteiger partial charge in [-0.25, -0.2) is 0 Å². The summed E-state index contributed by atoms with van der Waals surface area (Å²) >= 11 is 0. The first-order valence-corrected chi connectivity index (χ1v) is 7.68. The van der Waals surface area contributed by atoms with Crippen LogP contribution in [0.4, 0.5) is 5.82 Å². The maximum Gasteiger partial charge on any atom is 0.273 e. The van der Waals surface area contributed by atoms with Gasteiger partial charge in [0.1, 0.15) is 5.69 Å². The van der Waals surface area contributed by atoms with Crippen LogP contribution >= 0.6 is 0 Å². The van der Waals surface area contributed by atoms with E-state index in [2.05, 4.69) is 26.6 Å². The monoisotopic (exact) mass is 327 g/mol. The average molecular weight is 327 g/mol. The van der Waals surface area contributed by atoms with E-state index in [1.54, 1.807) is 24.3 Å². The van der Waals surface area contributed by atoms with E-state index in [1.165, 1.54) is 0 Å². The van der Waals surface area contributed by atoms with Crippen LogP contribution in [0.3, 0.4) is 0 Å². The first-order chi connectivity index (χ1) is 12.2. The first kappa shape index (κ1) is 14.7. The number of anilines is 1. The number of hydrogen-bond donors (Lipinski definition) is 3. The SMILES string of the molecule is N#Cc1ccc(-c2cc(NC(=O)c3cc4ccccc4[nH]3)n[nH]2)cc1. The number of carbonyl (C=O) groups is 1. The number of rotatable bonds is 3. The molecule has 0 aliphatic rings. The Labute approximate surface area is 143 Å². The average Bonchev–Trinajstić information content (AvgIpc) is 3.28. The number of nitriles is 1. The number of benzene rings is 2. The van der Waals surface area contributed by atoms with Gasteiger partial charge in [-0.05, 0) is 29.8 Å². The van der Waals surface area contributed by atoms with Crippen molar-refractivity contribution >= 4 is 22.6 Å². The molecule has 0 aliphatic carbocycles. The predicted molar refractivity (Wildman–Crippen MR) is 95.0 cm³/mol. The van der Waals surface area contributed by atoms with Crippen molar-refractivity contribution in [3.63, 3.8) is 0 Å². The number of hydrogen-bond acceptors (Lipinski definition) is 3. The molecule has 120 valence electrons. The summed E-state index contributed by atoms with van der Waals surface area (Å²) in [5.41, 5.74) is 3.63. The number of para-hydroxylation sites is 1. The van der Waals surface area contributed by atoms with Gasteiger partial charge in [0.2, 0.25) is 0 Å². The van der Waals surface area contributed by atoms with Gasteiger partial charge in [0, 0.05) is 17.0 Å². The van der Waals surface area contributed by atoms with E-state index in [4.69, 9.17) is 5.26 Å². The molecule has 0 unspecified atom stereocenters. The molecule has 3 N–H and O–H groups in total. The van der Waals surface area contributed by atoms with E-state index in [-0.39, 0.29) is 5.91 Å². The summed E-state index contributed by atoms with van der Waals surface area (Å²) < 4.78 is 0. The van der Waals surface area contributed by atoms with Crippen molar-refractivity contribution in [1.29, 1.82) is 5.26 Å². The number of aromatic nitrogens is 3. The minimum Gasteiger partial charge on any atom is -0.351 e. The number of amides is 1. The van der Waals surface area contributed by atoms with Crippen LogP contribution in [0, 0.1) is 11.3 Å². The van der Waals surface area contributed by atoms with E-state index < -0.39 is 0 Å². The van der Waals surface area contributed by atoms with Crippen molar-refractivity contribution in [3.05, 3.63) is 71.9 Å². The Morgan fingerprint density at radius 2 is 1.88 bits per heavy atom. The van der Waals surface area contributed by atoms with Crippen LogP contribution in [-0.4, -0.2) is 21.1 Å². The van der Waals surface area contributed by atoms with Crippen molar-refractivity contribution in [1.82, 2.24) is 15.2 Å². The topological polar surface area (TPSA) is 97.4 Å². The van der Waals surface area contributed by atoms with Crippen molar-refractivity contribution in [2.24, 2.45) is 0 Å². The van der Waals surface area contributed by atoms with Crippen LogP contribution in [0.15, 0.2) is 60.7 Å². The third kappa shape index (κ3) is 2.86. The lowest BCUT2D eigenvalue weighted by atomic mass is 10.1. The van der Waals surface area contributed by atoms with Crippen LogP contribution in [0.1, 0.15) is 16.1 Å². The van der Waals surface area contributed by atoms with E-state index in [0.717, 1.165) is 22.2 Å². The zero-order chi connectivity index (χ0) is 17.2. The van der Waals surface area contributed by atoms with Gasteiger partial charge >= 0.3 is 0 Å². The molecule has 25 heavy (non-hydrogen) atoms. The van der Waals surface area contributed by atoms with Crippen LogP contribution in [0.2, 0.25) is 0 Å². The Hall–Kier alpha value is -3.85. The maximum atomic E-state index is 12.4. The Kier molecular flexibility index (Phi) is 3.52. The molecule has 0 bridgehead atoms. The lowest BCUT2D eigenvalue weighted by Crippen LogP contribution is -2.12. The van der Waals surface area contributed by atoms with Gasteiger partial charge < -0.3 is 10.3 Å². The molecule has 0 spiro atoms. The highest BCUT2D eigenvalue weighted by atomic mass is 16.1. The summed E-state index contributed by atoms with van der Waals surface area (Å²) in [6, 6.07) is 20.5. The third-order valence-corrected chi connectivity index (χ3v) is 3.92. The number of H-pyrrole nitrogens is 2. The van der Waals surface area contributed by atoms with Gasteiger partial charge in [0.25, 0.3) is 5.91 Å². The Morgan fingerprint density at radius 3 is 2.64 bits per heavy atom. The van der Waals surface area contributed by atoms with Crippen molar-refractivity contribution in [2.45, 2.75) is 0 Å². The summed E-state index contributed by atoms with van der Waals surface area (Å²) in [6.45, 7) is 0. The van der Waals surface area contributed by atoms with Crippen LogP contribution in [0.25, 0.3) is 22.2 Å². The standard InChI is InChI=1S/C19H13N5O/c20-11-12-5-7-13(8-6-12)16-10-18(24-23-16)22-19(25)17-9-14-3-1-2-4-15(14)21-17/h1-10,21H,(H2,22,23,24,25). The zero-order valence-electron chi connectivity index (χ0n) is 13.1. The molecule has 4 rings (SSSR count). The highest BCUT2D eigenvalue weighted by Gasteiger charge is 2.12. The molecular weight excluding hydrogens is 314 g/mol. The summed E-state index contributed by atoms with van der Waals surface area (Å²) in [7, 11) is 0. The predicted octanol–water partition coefficient (Wildman–Crippen LogP) is 3.68. The summed E-state index contributed by atoms with van der Waals surface area (Å²) in [6.07, 6.45) is 0. The molecule has 2 aromatic heterocycles. The number of aromatic amines is 2. The highest BCUT2D eigenvalue weighted by Crippen LogP contribution is 2.21. The van der Waals surface area contributed by atoms with Gasteiger partial charge in [-0.2, -0.15) is 10.4 Å². The second-order valence-corrected chi connectivity index (χ2v) is 5.58. The molecule has 0 atom stereocenters. The Bertz CT molecular complexity index is 1070. The summed E-state index contributed by atoms with van der Waals surface area (Å²) in [4.78, 5) is 15.5. The lowest BCUT2D eigenvalue weighted by Gasteiger charge is -1.98. The smallest absolute Gasteiger partial charge is 0.273 e. The molecule has 0 fully saturated rings. The molecule has 2 heterocycles. The van der Waals surface area contributed by atoms with E-state index in [1.807, 2.05) is 36.4 Å². The van der Waals surface area contributed by atoms with Gasteiger partial charge in [-0.15, -0.1) is 0 Å². The Morgan fingerprint density at radius 1 is 1.08 bits per heavy atom. The quantitative estimate of drug-likeness (QED) is 0.535. The van der Waals surface area contributed by atoms with Crippen molar-refractivity contribution in [3.8, 4) is 17.3 Å². The molecule has 2 aromatic carbocycles. The van der Waals surface area contributed by atoms with E-state index in [0.29, 0.717) is 17.1 Å². The van der Waals surface area contributed by atoms with E-state index >= 15 is 0 Å².